The molecule has 0 radical (unpaired) electrons. The van der Waals surface area contributed by atoms with Crippen LogP contribution in [0, 0.1) is 0 Å². The van der Waals surface area contributed by atoms with Crippen molar-refractivity contribution in [2.45, 2.75) is 12.8 Å². The van der Waals surface area contributed by atoms with E-state index in [1.54, 1.807) is 6.07 Å². The van der Waals surface area contributed by atoms with Crippen LogP contribution in [0.4, 0.5) is 11.4 Å². The third-order valence-electron chi connectivity index (χ3n) is 6.00. The molecule has 0 saturated carbocycles. The molecule has 0 bridgehead atoms. The standard InChI is InChI=1S/C25H32N4O4S/c1-34(31,32)27-22-8-6-9-23(18-22)29-15-13-28(14-16-29)12-5-4-11-26-25(30)21-17-20-7-2-3-10-24(20)33-19-21/h2-3,6-10,17-18,27H,4-5,11-16,19H2,1H3,(H,26,30). The first-order valence-corrected chi connectivity index (χ1v) is 13.5. The molecular weight excluding hydrogens is 452 g/mol. The molecule has 182 valence electrons. The van der Waals surface area contributed by atoms with E-state index in [2.05, 4.69) is 19.8 Å². The molecule has 0 spiro atoms. The highest BCUT2D eigenvalue weighted by Crippen LogP contribution is 2.25. The second-order valence-corrected chi connectivity index (χ2v) is 10.5. The van der Waals surface area contributed by atoms with Crippen molar-refractivity contribution in [1.82, 2.24) is 10.2 Å². The van der Waals surface area contributed by atoms with Crippen molar-refractivity contribution in [2.24, 2.45) is 0 Å². The molecular formula is C25H32N4O4S. The Kier molecular flexibility index (Phi) is 7.74. The second kappa shape index (κ2) is 10.9. The van der Waals surface area contributed by atoms with Gasteiger partial charge in [-0.3, -0.25) is 14.4 Å². The number of rotatable bonds is 9. The van der Waals surface area contributed by atoms with Gasteiger partial charge in [0.25, 0.3) is 5.91 Å². The summed E-state index contributed by atoms with van der Waals surface area (Å²) in [5, 5.41) is 3.01. The van der Waals surface area contributed by atoms with Gasteiger partial charge in [-0.15, -0.1) is 0 Å². The number of piperazine rings is 1. The van der Waals surface area contributed by atoms with Crippen LogP contribution in [0.2, 0.25) is 0 Å². The van der Waals surface area contributed by atoms with Crippen molar-refractivity contribution in [3.63, 3.8) is 0 Å². The summed E-state index contributed by atoms with van der Waals surface area (Å²) in [6, 6.07) is 15.2. The molecule has 2 N–H and O–H groups in total. The zero-order valence-electron chi connectivity index (χ0n) is 19.5. The Labute approximate surface area is 201 Å². The van der Waals surface area contributed by atoms with Gasteiger partial charge in [0.15, 0.2) is 0 Å². The molecule has 0 aromatic heterocycles. The topological polar surface area (TPSA) is 91.0 Å². The van der Waals surface area contributed by atoms with E-state index < -0.39 is 10.0 Å². The number of sulfonamides is 1. The third-order valence-corrected chi connectivity index (χ3v) is 6.60. The lowest BCUT2D eigenvalue weighted by molar-refractivity contribution is -0.117. The van der Waals surface area contributed by atoms with E-state index in [-0.39, 0.29) is 5.91 Å². The van der Waals surface area contributed by atoms with Crippen molar-refractivity contribution < 1.29 is 17.9 Å². The predicted molar refractivity (Wildman–Crippen MR) is 136 cm³/mol. The van der Waals surface area contributed by atoms with Gasteiger partial charge in [-0.25, -0.2) is 8.42 Å². The minimum absolute atomic E-state index is 0.0595. The molecule has 0 unspecified atom stereocenters. The summed E-state index contributed by atoms with van der Waals surface area (Å²) in [7, 11) is -3.28. The third kappa shape index (κ3) is 6.74. The number of hydrogen-bond acceptors (Lipinski definition) is 6. The lowest BCUT2D eigenvalue weighted by atomic mass is 10.1. The van der Waals surface area contributed by atoms with Crippen LogP contribution in [-0.2, 0) is 14.8 Å². The smallest absolute Gasteiger partial charge is 0.250 e. The molecule has 2 aromatic rings. The SMILES string of the molecule is CS(=O)(=O)Nc1cccc(N2CCN(CCCCNC(=O)C3=Cc4ccccc4OC3)CC2)c1. The van der Waals surface area contributed by atoms with Crippen LogP contribution in [0.1, 0.15) is 18.4 Å². The Morgan fingerprint density at radius 2 is 1.82 bits per heavy atom. The maximum atomic E-state index is 12.4. The van der Waals surface area contributed by atoms with E-state index in [0.717, 1.165) is 68.8 Å². The number of para-hydroxylation sites is 1. The summed E-state index contributed by atoms with van der Waals surface area (Å²) < 4.78 is 31.2. The summed E-state index contributed by atoms with van der Waals surface area (Å²) in [6.45, 7) is 5.67. The lowest BCUT2D eigenvalue weighted by Crippen LogP contribution is -2.46. The Hall–Kier alpha value is -3.04. The van der Waals surface area contributed by atoms with Gasteiger partial charge in [-0.05, 0) is 49.7 Å². The van der Waals surface area contributed by atoms with Crippen molar-refractivity contribution in [3.05, 3.63) is 59.7 Å². The maximum absolute atomic E-state index is 12.4. The number of fused-ring (bicyclic) bond motifs is 1. The normalized spacial score (nSPS) is 16.3. The molecule has 1 saturated heterocycles. The Morgan fingerprint density at radius 3 is 2.62 bits per heavy atom. The van der Waals surface area contributed by atoms with Gasteiger partial charge in [-0.1, -0.05) is 24.3 Å². The van der Waals surface area contributed by atoms with E-state index >= 15 is 0 Å². The molecule has 1 fully saturated rings. The van der Waals surface area contributed by atoms with Crippen LogP contribution in [0.3, 0.4) is 0 Å². The van der Waals surface area contributed by atoms with Gasteiger partial charge in [0.1, 0.15) is 12.4 Å². The number of nitrogens with zero attached hydrogens (tertiary/aromatic N) is 2. The molecule has 2 aromatic carbocycles. The number of carbonyl (C=O) groups excluding carboxylic acids is 1. The largest absolute Gasteiger partial charge is 0.488 e. The molecule has 2 aliphatic heterocycles. The summed E-state index contributed by atoms with van der Waals surface area (Å²) in [4.78, 5) is 17.1. The minimum atomic E-state index is -3.28. The number of amides is 1. The van der Waals surface area contributed by atoms with Crippen LogP contribution < -0.4 is 19.7 Å². The van der Waals surface area contributed by atoms with E-state index in [1.165, 1.54) is 0 Å². The van der Waals surface area contributed by atoms with Gasteiger partial charge < -0.3 is 15.0 Å². The quantitative estimate of drug-likeness (QED) is 0.532. The van der Waals surface area contributed by atoms with Gasteiger partial charge in [0, 0.05) is 44.0 Å². The van der Waals surface area contributed by atoms with Crippen LogP contribution in [0.15, 0.2) is 54.1 Å². The Balaban J connectivity index is 1.14. The summed E-state index contributed by atoms with van der Waals surface area (Å²) >= 11 is 0. The monoisotopic (exact) mass is 484 g/mol. The molecule has 34 heavy (non-hydrogen) atoms. The average Bonchev–Trinajstić information content (AvgIpc) is 2.83. The summed E-state index contributed by atoms with van der Waals surface area (Å²) in [6.07, 6.45) is 5.01. The van der Waals surface area contributed by atoms with Crippen LogP contribution in [0.5, 0.6) is 5.75 Å². The van der Waals surface area contributed by atoms with Crippen LogP contribution in [-0.4, -0.2) is 71.4 Å². The molecule has 2 aliphatic rings. The number of nitrogens with one attached hydrogen (secondary N) is 2. The number of hydrogen-bond donors (Lipinski definition) is 2. The summed E-state index contributed by atoms with van der Waals surface area (Å²) in [5.74, 6) is 0.758. The molecule has 0 atom stereocenters. The Morgan fingerprint density at radius 1 is 1.03 bits per heavy atom. The lowest BCUT2D eigenvalue weighted by Gasteiger charge is -2.36. The molecule has 9 heteroatoms. The zero-order valence-corrected chi connectivity index (χ0v) is 20.3. The van der Waals surface area contributed by atoms with Crippen molar-refractivity contribution in [3.8, 4) is 5.75 Å². The van der Waals surface area contributed by atoms with Gasteiger partial charge in [0.05, 0.1) is 17.5 Å². The number of benzene rings is 2. The van der Waals surface area contributed by atoms with Gasteiger partial charge in [0.2, 0.25) is 10.0 Å². The summed E-state index contributed by atoms with van der Waals surface area (Å²) in [5.41, 5.74) is 3.21. The fraction of sp³-hybridized carbons (Fsp3) is 0.400. The van der Waals surface area contributed by atoms with Crippen LogP contribution in [0.25, 0.3) is 6.08 Å². The first-order valence-electron chi connectivity index (χ1n) is 11.6. The molecule has 8 nitrogen and oxygen atoms in total. The minimum Gasteiger partial charge on any atom is -0.488 e. The zero-order chi connectivity index (χ0) is 24.0. The maximum Gasteiger partial charge on any atom is 0.250 e. The van der Waals surface area contributed by atoms with E-state index in [1.807, 2.05) is 48.5 Å². The predicted octanol–water partition coefficient (Wildman–Crippen LogP) is 2.55. The number of unbranched alkanes of at least 4 members (excludes halogenated alkanes) is 1. The first kappa shape index (κ1) is 24.1. The van der Waals surface area contributed by atoms with Gasteiger partial charge >= 0.3 is 0 Å². The van der Waals surface area contributed by atoms with Crippen LogP contribution >= 0.6 is 0 Å². The fourth-order valence-corrected chi connectivity index (χ4v) is 4.79. The first-order chi connectivity index (χ1) is 16.4. The Bertz CT molecular complexity index is 1140. The average molecular weight is 485 g/mol. The highest BCUT2D eigenvalue weighted by molar-refractivity contribution is 7.92. The van der Waals surface area contributed by atoms with Crippen molar-refractivity contribution in [2.75, 3.05) is 61.8 Å². The molecule has 1 amide bonds. The second-order valence-electron chi connectivity index (χ2n) is 8.71. The van der Waals surface area contributed by atoms with Gasteiger partial charge in [-0.2, -0.15) is 0 Å². The van der Waals surface area contributed by atoms with E-state index in [9.17, 15) is 13.2 Å². The number of ether oxygens (including phenoxy) is 1. The number of anilines is 2. The highest BCUT2D eigenvalue weighted by atomic mass is 32.2. The number of carbonyl (C=O) groups is 1. The molecule has 2 heterocycles. The molecule has 0 aliphatic carbocycles. The van der Waals surface area contributed by atoms with E-state index in [4.69, 9.17) is 4.74 Å². The molecule has 4 rings (SSSR count). The fourth-order valence-electron chi connectivity index (χ4n) is 4.23. The highest BCUT2D eigenvalue weighted by Gasteiger charge is 2.18. The van der Waals surface area contributed by atoms with Crippen molar-refractivity contribution in [1.29, 1.82) is 0 Å². The van der Waals surface area contributed by atoms with E-state index in [0.29, 0.717) is 24.4 Å². The van der Waals surface area contributed by atoms with Crippen molar-refractivity contribution >= 4 is 33.4 Å².